The molecule has 2 aromatic rings. The molecule has 0 bridgehead atoms. The Bertz CT molecular complexity index is 563. The first-order valence-corrected chi connectivity index (χ1v) is 5.93. The van der Waals surface area contributed by atoms with Gasteiger partial charge in [-0.25, -0.2) is 4.98 Å². The molecule has 0 unspecified atom stereocenters. The fraction of sp³-hybridized carbons (Fsp3) is 0.167. The molecule has 2 aromatic heterocycles. The number of nitrogen functional groups attached to an aromatic ring is 1. The molecule has 0 spiro atoms. The standard InChI is InChI=1S/C12H13N3OS/c1-7-3-5-15-12(10(7)11(13)14)17-9-4-6-16-8(9)2/h3-6H,1-2H3,(H3,13,14). The van der Waals surface area contributed by atoms with Gasteiger partial charge in [-0.3, -0.25) is 5.41 Å². The Morgan fingerprint density at radius 3 is 2.76 bits per heavy atom. The first-order chi connectivity index (χ1) is 8.09. The molecule has 2 heterocycles. The smallest absolute Gasteiger partial charge is 0.125 e. The van der Waals surface area contributed by atoms with E-state index in [9.17, 15) is 0 Å². The summed E-state index contributed by atoms with van der Waals surface area (Å²) in [7, 11) is 0. The van der Waals surface area contributed by atoms with Crippen molar-refractivity contribution in [2.24, 2.45) is 5.73 Å². The molecule has 0 aromatic carbocycles. The number of nitrogens with one attached hydrogen (secondary N) is 1. The van der Waals surface area contributed by atoms with Crippen molar-refractivity contribution in [3.05, 3.63) is 41.5 Å². The third kappa shape index (κ3) is 2.34. The molecular weight excluding hydrogens is 234 g/mol. The molecule has 4 nitrogen and oxygen atoms in total. The van der Waals surface area contributed by atoms with E-state index in [0.29, 0.717) is 5.56 Å². The molecule has 0 radical (unpaired) electrons. The van der Waals surface area contributed by atoms with E-state index in [1.54, 1.807) is 12.5 Å². The lowest BCUT2D eigenvalue weighted by molar-refractivity contribution is 0.527. The van der Waals surface area contributed by atoms with Crippen molar-refractivity contribution < 1.29 is 4.42 Å². The molecule has 0 fully saturated rings. The van der Waals surface area contributed by atoms with Crippen LogP contribution in [0.25, 0.3) is 0 Å². The zero-order chi connectivity index (χ0) is 12.4. The monoisotopic (exact) mass is 247 g/mol. The minimum absolute atomic E-state index is 0.0410. The SMILES string of the molecule is Cc1ccnc(Sc2ccoc2C)c1C(=N)N. The Kier molecular flexibility index (Phi) is 3.19. The van der Waals surface area contributed by atoms with E-state index in [-0.39, 0.29) is 5.84 Å². The highest BCUT2D eigenvalue weighted by Gasteiger charge is 2.13. The number of furan rings is 1. The predicted molar refractivity (Wildman–Crippen MR) is 67.6 cm³/mol. The minimum atomic E-state index is 0.0410. The van der Waals surface area contributed by atoms with Gasteiger partial charge in [0.1, 0.15) is 16.6 Å². The van der Waals surface area contributed by atoms with Crippen molar-refractivity contribution in [1.29, 1.82) is 5.41 Å². The molecule has 0 aliphatic heterocycles. The van der Waals surface area contributed by atoms with E-state index in [2.05, 4.69) is 4.98 Å². The number of hydrogen-bond donors (Lipinski definition) is 2. The number of pyridine rings is 1. The Labute approximate surface area is 104 Å². The van der Waals surface area contributed by atoms with Crippen molar-refractivity contribution in [1.82, 2.24) is 4.98 Å². The van der Waals surface area contributed by atoms with Crippen LogP contribution in [0.5, 0.6) is 0 Å². The number of nitrogens with two attached hydrogens (primary N) is 1. The Hall–Kier alpha value is -1.75. The summed E-state index contributed by atoms with van der Waals surface area (Å²) in [6, 6.07) is 3.73. The molecule has 0 aliphatic rings. The lowest BCUT2D eigenvalue weighted by atomic mass is 10.1. The van der Waals surface area contributed by atoms with Crippen LogP contribution in [0.4, 0.5) is 0 Å². The summed E-state index contributed by atoms with van der Waals surface area (Å²) in [6.45, 7) is 3.82. The Balaban J connectivity index is 2.43. The highest BCUT2D eigenvalue weighted by molar-refractivity contribution is 7.99. The van der Waals surface area contributed by atoms with Crippen LogP contribution in [0.2, 0.25) is 0 Å². The molecule has 0 saturated carbocycles. The van der Waals surface area contributed by atoms with Crippen LogP contribution in [0.15, 0.2) is 38.9 Å². The summed E-state index contributed by atoms with van der Waals surface area (Å²) in [6.07, 6.45) is 3.36. The van der Waals surface area contributed by atoms with Crippen molar-refractivity contribution in [2.75, 3.05) is 0 Å². The Morgan fingerprint density at radius 1 is 1.41 bits per heavy atom. The average Bonchev–Trinajstić information content (AvgIpc) is 2.64. The molecule has 0 saturated heterocycles. The number of aryl methyl sites for hydroxylation is 2. The van der Waals surface area contributed by atoms with E-state index in [1.165, 1.54) is 11.8 Å². The van der Waals surface area contributed by atoms with Gasteiger partial charge >= 0.3 is 0 Å². The van der Waals surface area contributed by atoms with Crippen LogP contribution in [0.1, 0.15) is 16.9 Å². The van der Waals surface area contributed by atoms with E-state index >= 15 is 0 Å². The maximum absolute atomic E-state index is 7.60. The van der Waals surface area contributed by atoms with Crippen LogP contribution in [-0.4, -0.2) is 10.8 Å². The molecule has 5 heteroatoms. The maximum Gasteiger partial charge on any atom is 0.125 e. The summed E-state index contributed by atoms with van der Waals surface area (Å²) < 4.78 is 5.23. The molecule has 3 N–H and O–H groups in total. The minimum Gasteiger partial charge on any atom is -0.468 e. The largest absolute Gasteiger partial charge is 0.468 e. The van der Waals surface area contributed by atoms with Gasteiger partial charge in [-0.15, -0.1) is 0 Å². The van der Waals surface area contributed by atoms with Gasteiger partial charge in [-0.2, -0.15) is 0 Å². The number of aromatic nitrogens is 1. The van der Waals surface area contributed by atoms with Crippen molar-refractivity contribution in [3.63, 3.8) is 0 Å². The van der Waals surface area contributed by atoms with Gasteiger partial charge in [0.25, 0.3) is 0 Å². The van der Waals surface area contributed by atoms with Crippen molar-refractivity contribution in [2.45, 2.75) is 23.8 Å². The summed E-state index contributed by atoms with van der Waals surface area (Å²) in [4.78, 5) is 5.27. The third-order valence-electron chi connectivity index (χ3n) is 2.41. The van der Waals surface area contributed by atoms with E-state index in [1.807, 2.05) is 26.0 Å². The van der Waals surface area contributed by atoms with Crippen LogP contribution in [-0.2, 0) is 0 Å². The average molecular weight is 247 g/mol. The zero-order valence-corrected chi connectivity index (χ0v) is 10.5. The molecule has 2 rings (SSSR count). The lowest BCUT2D eigenvalue weighted by Crippen LogP contribution is -2.14. The molecule has 0 aliphatic carbocycles. The first kappa shape index (κ1) is 11.7. The maximum atomic E-state index is 7.60. The second-order valence-corrected chi connectivity index (χ2v) is 4.70. The summed E-state index contributed by atoms with van der Waals surface area (Å²) in [5.41, 5.74) is 7.24. The Morgan fingerprint density at radius 2 is 2.18 bits per heavy atom. The summed E-state index contributed by atoms with van der Waals surface area (Å²) in [5.74, 6) is 0.882. The lowest BCUT2D eigenvalue weighted by Gasteiger charge is -2.08. The van der Waals surface area contributed by atoms with Gasteiger partial charge in [0, 0.05) is 6.20 Å². The molecule has 17 heavy (non-hydrogen) atoms. The number of amidine groups is 1. The second kappa shape index (κ2) is 4.63. The van der Waals surface area contributed by atoms with E-state index < -0.39 is 0 Å². The highest BCUT2D eigenvalue weighted by Crippen LogP contribution is 2.32. The number of hydrogen-bond acceptors (Lipinski definition) is 4. The zero-order valence-electron chi connectivity index (χ0n) is 9.65. The fourth-order valence-electron chi connectivity index (χ4n) is 1.52. The van der Waals surface area contributed by atoms with Gasteiger partial charge in [0.05, 0.1) is 16.7 Å². The van der Waals surface area contributed by atoms with Gasteiger partial charge < -0.3 is 10.2 Å². The van der Waals surface area contributed by atoms with Crippen molar-refractivity contribution >= 4 is 17.6 Å². The molecule has 0 atom stereocenters. The summed E-state index contributed by atoms with van der Waals surface area (Å²) in [5, 5.41) is 8.34. The quantitative estimate of drug-likeness (QED) is 0.646. The van der Waals surface area contributed by atoms with Gasteiger partial charge in [0.2, 0.25) is 0 Å². The van der Waals surface area contributed by atoms with Crippen LogP contribution >= 0.6 is 11.8 Å². The first-order valence-electron chi connectivity index (χ1n) is 5.11. The van der Waals surface area contributed by atoms with Crippen LogP contribution in [0, 0.1) is 19.3 Å². The van der Waals surface area contributed by atoms with Gasteiger partial charge in [0.15, 0.2) is 0 Å². The third-order valence-corrected chi connectivity index (χ3v) is 3.56. The normalized spacial score (nSPS) is 10.5. The van der Waals surface area contributed by atoms with Gasteiger partial charge in [-0.1, -0.05) is 11.8 Å². The second-order valence-electron chi connectivity index (χ2n) is 3.66. The molecule has 0 amide bonds. The van der Waals surface area contributed by atoms with Crippen LogP contribution in [0.3, 0.4) is 0 Å². The van der Waals surface area contributed by atoms with Crippen molar-refractivity contribution in [3.8, 4) is 0 Å². The molecular formula is C12H13N3OS. The van der Waals surface area contributed by atoms with Crippen LogP contribution < -0.4 is 5.73 Å². The molecule has 88 valence electrons. The fourth-order valence-corrected chi connectivity index (χ4v) is 2.53. The summed E-state index contributed by atoms with van der Waals surface area (Å²) >= 11 is 1.46. The van der Waals surface area contributed by atoms with Gasteiger partial charge in [-0.05, 0) is 31.5 Å². The number of nitrogens with zero attached hydrogens (tertiary/aromatic N) is 1. The predicted octanol–water partition coefficient (Wildman–Crippen LogP) is 2.73. The van der Waals surface area contributed by atoms with E-state index in [0.717, 1.165) is 21.2 Å². The highest BCUT2D eigenvalue weighted by atomic mass is 32.2. The number of rotatable bonds is 3. The topological polar surface area (TPSA) is 75.9 Å². The van der Waals surface area contributed by atoms with E-state index in [4.69, 9.17) is 15.6 Å².